The summed E-state index contributed by atoms with van der Waals surface area (Å²) in [6.07, 6.45) is 6.68. The van der Waals surface area contributed by atoms with Gasteiger partial charge in [0.25, 0.3) is 0 Å². The summed E-state index contributed by atoms with van der Waals surface area (Å²) in [7, 11) is 0. The highest BCUT2D eigenvalue weighted by Crippen LogP contribution is 2.43. The van der Waals surface area contributed by atoms with E-state index in [1.54, 1.807) is 0 Å². The van der Waals surface area contributed by atoms with Gasteiger partial charge in [-0.05, 0) is 78.1 Å². The molecule has 216 valence electrons. The fourth-order valence-corrected chi connectivity index (χ4v) is 7.52. The number of benzene rings is 6. The lowest BCUT2D eigenvalue weighted by Crippen LogP contribution is -2.02. The first-order valence-electron chi connectivity index (χ1n) is 15.8. The predicted molar refractivity (Wildman–Crippen MR) is 191 cm³/mol. The second kappa shape index (κ2) is 10.5. The molecule has 0 bridgehead atoms. The highest BCUT2D eigenvalue weighted by Gasteiger charge is 2.22. The summed E-state index contributed by atoms with van der Waals surface area (Å²) in [5.74, 6) is 0. The van der Waals surface area contributed by atoms with E-state index in [0.29, 0.717) is 5.56 Å². The van der Waals surface area contributed by atoms with Crippen LogP contribution < -0.4 is 0 Å². The molecule has 1 aliphatic rings. The number of rotatable bonds is 4. The van der Waals surface area contributed by atoms with E-state index in [1.807, 2.05) is 18.2 Å². The largest absolute Gasteiger partial charge is 0.310 e. The molecule has 8 aromatic rings. The predicted octanol–water partition coefficient (Wildman–Crippen LogP) is 10.9. The lowest BCUT2D eigenvalue weighted by Gasteiger charge is -2.20. The van der Waals surface area contributed by atoms with Crippen LogP contribution in [0.3, 0.4) is 0 Å². The Morgan fingerprint density at radius 3 is 1.96 bits per heavy atom. The summed E-state index contributed by atoms with van der Waals surface area (Å²) >= 11 is 0. The Labute approximate surface area is 267 Å². The van der Waals surface area contributed by atoms with Gasteiger partial charge < -0.3 is 9.13 Å². The minimum absolute atomic E-state index is 0.662. The normalized spacial score (nSPS) is 12.5. The first kappa shape index (κ1) is 26.3. The topological polar surface area (TPSA) is 33.6 Å². The third-order valence-electron chi connectivity index (χ3n) is 9.45. The first-order valence-corrected chi connectivity index (χ1v) is 15.8. The van der Waals surface area contributed by atoms with E-state index in [2.05, 4.69) is 149 Å². The van der Waals surface area contributed by atoms with Gasteiger partial charge in [-0.25, -0.2) is 0 Å². The van der Waals surface area contributed by atoms with Crippen LogP contribution >= 0.6 is 0 Å². The molecule has 0 spiro atoms. The van der Waals surface area contributed by atoms with Crippen LogP contribution in [0.5, 0.6) is 0 Å². The van der Waals surface area contributed by atoms with Crippen LogP contribution in [-0.4, -0.2) is 9.13 Å². The highest BCUT2D eigenvalue weighted by molar-refractivity contribution is 6.10. The lowest BCUT2D eigenvalue weighted by molar-refractivity contribution is 0.968. The van der Waals surface area contributed by atoms with E-state index in [-0.39, 0.29) is 0 Å². The van der Waals surface area contributed by atoms with Crippen LogP contribution in [0, 0.1) is 11.3 Å². The van der Waals surface area contributed by atoms with Crippen LogP contribution in [0.15, 0.2) is 146 Å². The molecule has 0 aliphatic heterocycles. The molecule has 0 amide bonds. The van der Waals surface area contributed by atoms with Crippen LogP contribution in [0.25, 0.3) is 72.4 Å². The van der Waals surface area contributed by atoms with Gasteiger partial charge in [0, 0.05) is 38.7 Å². The number of hydrogen-bond acceptors (Lipinski definition) is 1. The van der Waals surface area contributed by atoms with Gasteiger partial charge >= 0.3 is 0 Å². The minimum Gasteiger partial charge on any atom is -0.310 e. The van der Waals surface area contributed by atoms with Gasteiger partial charge in [0.05, 0.1) is 33.9 Å². The zero-order valence-corrected chi connectivity index (χ0v) is 25.2. The number of nitriles is 1. The van der Waals surface area contributed by atoms with Gasteiger partial charge in [0.15, 0.2) is 0 Å². The fourth-order valence-electron chi connectivity index (χ4n) is 7.52. The van der Waals surface area contributed by atoms with Gasteiger partial charge in [-0.3, -0.25) is 0 Å². The number of allylic oxidation sites excluding steroid dienone is 1. The second-order valence-electron chi connectivity index (χ2n) is 11.9. The van der Waals surface area contributed by atoms with Gasteiger partial charge in [-0.2, -0.15) is 5.26 Å². The van der Waals surface area contributed by atoms with Gasteiger partial charge in [-0.1, -0.05) is 103 Å². The number of aromatic nitrogens is 2. The SMILES string of the molecule is N#Cc1ccccc1-c1cccc(-n2c3ccccc3c3ccccc32)c1-c1cccc(-n2c3c(c4ccccc42)CCC=C3)c1. The van der Waals surface area contributed by atoms with E-state index in [1.165, 1.54) is 32.9 Å². The Balaban J connectivity index is 1.38. The molecule has 2 aromatic heterocycles. The number of para-hydroxylation sites is 3. The van der Waals surface area contributed by atoms with E-state index < -0.39 is 0 Å². The van der Waals surface area contributed by atoms with Crippen molar-refractivity contribution in [2.75, 3.05) is 0 Å². The van der Waals surface area contributed by atoms with Gasteiger partial charge in [0.1, 0.15) is 0 Å². The second-order valence-corrected chi connectivity index (χ2v) is 11.9. The number of nitrogens with zero attached hydrogens (tertiary/aromatic N) is 3. The highest BCUT2D eigenvalue weighted by atomic mass is 15.0. The van der Waals surface area contributed by atoms with Gasteiger partial charge in [-0.15, -0.1) is 0 Å². The molecular weight excluding hydrogens is 558 g/mol. The van der Waals surface area contributed by atoms with Crippen LogP contribution in [-0.2, 0) is 6.42 Å². The third-order valence-corrected chi connectivity index (χ3v) is 9.45. The van der Waals surface area contributed by atoms with Crippen molar-refractivity contribution in [3.05, 3.63) is 162 Å². The van der Waals surface area contributed by atoms with Crippen molar-refractivity contribution in [1.29, 1.82) is 5.26 Å². The zero-order valence-electron chi connectivity index (χ0n) is 25.2. The maximum Gasteiger partial charge on any atom is 0.0998 e. The molecule has 0 radical (unpaired) electrons. The molecule has 46 heavy (non-hydrogen) atoms. The van der Waals surface area contributed by atoms with Crippen molar-refractivity contribution in [3.63, 3.8) is 0 Å². The Bertz CT molecular complexity index is 2500. The molecule has 1 aliphatic carbocycles. The molecule has 3 nitrogen and oxygen atoms in total. The molecule has 9 rings (SSSR count). The van der Waals surface area contributed by atoms with Crippen molar-refractivity contribution in [1.82, 2.24) is 9.13 Å². The molecule has 0 N–H and O–H groups in total. The minimum atomic E-state index is 0.662. The average Bonchev–Trinajstić information content (AvgIpc) is 3.64. The fraction of sp³-hybridized carbons (Fsp3) is 0.0465. The van der Waals surface area contributed by atoms with E-state index >= 15 is 0 Å². The quantitative estimate of drug-likeness (QED) is 0.202. The molecule has 3 heteroatoms. The number of aryl methyl sites for hydroxylation is 1. The summed E-state index contributed by atoms with van der Waals surface area (Å²) in [4.78, 5) is 0. The molecule has 0 saturated carbocycles. The summed E-state index contributed by atoms with van der Waals surface area (Å²) in [5.41, 5.74) is 13.2. The smallest absolute Gasteiger partial charge is 0.0998 e. The summed E-state index contributed by atoms with van der Waals surface area (Å²) in [6.45, 7) is 0. The molecule has 6 aromatic carbocycles. The first-order chi connectivity index (χ1) is 22.8. The molecule has 0 unspecified atom stereocenters. The van der Waals surface area contributed by atoms with Crippen molar-refractivity contribution in [3.8, 4) is 39.7 Å². The van der Waals surface area contributed by atoms with Crippen molar-refractivity contribution < 1.29 is 0 Å². The van der Waals surface area contributed by atoms with Crippen molar-refractivity contribution in [2.45, 2.75) is 12.8 Å². The number of fused-ring (bicyclic) bond motifs is 6. The maximum absolute atomic E-state index is 10.2. The zero-order chi connectivity index (χ0) is 30.6. The standard InChI is InChI=1S/C43H29N3/c44-28-30-13-1-2-16-32(30)37-21-12-26-42(46-40-24-9-5-19-35(40)36-20-6-10-25-41(36)46)43(37)29-14-11-15-31(27-29)45-38-22-7-3-17-33(38)34-18-4-8-23-39(34)45/h1-3,5-17,19-27H,4,18H2. The molecular formula is C43H29N3. The van der Waals surface area contributed by atoms with Crippen LogP contribution in [0.1, 0.15) is 23.2 Å². The molecule has 0 saturated heterocycles. The Morgan fingerprint density at radius 2 is 1.20 bits per heavy atom. The molecule has 2 heterocycles. The summed E-state index contributed by atoms with van der Waals surface area (Å²) in [5, 5.41) is 14.0. The average molecular weight is 588 g/mol. The number of hydrogen-bond donors (Lipinski definition) is 0. The van der Waals surface area contributed by atoms with Crippen molar-refractivity contribution in [2.24, 2.45) is 0 Å². The third kappa shape index (κ3) is 3.91. The van der Waals surface area contributed by atoms with E-state index in [0.717, 1.165) is 57.5 Å². The Hall–Kier alpha value is -6.11. The van der Waals surface area contributed by atoms with Crippen LogP contribution in [0.2, 0.25) is 0 Å². The molecule has 0 atom stereocenters. The Morgan fingerprint density at radius 1 is 0.565 bits per heavy atom. The van der Waals surface area contributed by atoms with Crippen molar-refractivity contribution >= 4 is 38.8 Å². The summed E-state index contributed by atoms with van der Waals surface area (Å²) in [6, 6.07) is 51.8. The monoisotopic (exact) mass is 587 g/mol. The maximum atomic E-state index is 10.2. The Kier molecular flexibility index (Phi) is 6.01. The lowest BCUT2D eigenvalue weighted by atomic mass is 9.90. The summed E-state index contributed by atoms with van der Waals surface area (Å²) < 4.78 is 4.80. The van der Waals surface area contributed by atoms with Crippen LogP contribution in [0.4, 0.5) is 0 Å². The van der Waals surface area contributed by atoms with E-state index in [9.17, 15) is 5.26 Å². The molecule has 0 fully saturated rings. The van der Waals surface area contributed by atoms with E-state index in [4.69, 9.17) is 0 Å². The van der Waals surface area contributed by atoms with Gasteiger partial charge in [0.2, 0.25) is 0 Å².